The summed E-state index contributed by atoms with van der Waals surface area (Å²) in [6.07, 6.45) is 13.4. The molecule has 2 heterocycles. The maximum atomic E-state index is 5.09. The molecular weight excluding hydrogens is 252 g/mol. The Kier molecular flexibility index (Phi) is 6.17. The molecule has 0 aliphatic heterocycles. The van der Waals surface area contributed by atoms with Crippen LogP contribution < -0.4 is 9.47 Å². The van der Waals surface area contributed by atoms with Gasteiger partial charge in [-0.15, -0.1) is 12.8 Å². The molecule has 0 atom stereocenters. The van der Waals surface area contributed by atoms with E-state index in [2.05, 4.69) is 21.8 Å². The number of terminal acetylenes is 2. The Morgan fingerprint density at radius 1 is 0.800 bits per heavy atom. The topological polar surface area (TPSA) is 44.2 Å². The van der Waals surface area contributed by atoms with Crippen molar-refractivity contribution in [3.8, 4) is 36.2 Å². The fraction of sp³-hybridized carbons (Fsp3) is 0.125. The van der Waals surface area contributed by atoms with Gasteiger partial charge in [0.05, 0.1) is 26.6 Å². The van der Waals surface area contributed by atoms with Crippen LogP contribution in [0.15, 0.2) is 36.7 Å². The van der Waals surface area contributed by atoms with Crippen LogP contribution in [-0.4, -0.2) is 24.2 Å². The quantitative estimate of drug-likeness (QED) is 0.781. The van der Waals surface area contributed by atoms with Crippen LogP contribution in [0.25, 0.3) is 0 Å². The molecule has 0 bridgehead atoms. The van der Waals surface area contributed by atoms with Crippen LogP contribution in [0.2, 0.25) is 0 Å². The fourth-order valence-electron chi connectivity index (χ4n) is 1.17. The lowest BCUT2D eigenvalue weighted by Gasteiger charge is -1.95. The highest BCUT2D eigenvalue weighted by molar-refractivity contribution is 5.29. The molecule has 4 nitrogen and oxygen atoms in total. The summed E-state index contributed by atoms with van der Waals surface area (Å²) in [7, 11) is 3.18. The Labute approximate surface area is 118 Å². The van der Waals surface area contributed by atoms with Crippen molar-refractivity contribution in [2.45, 2.75) is 0 Å². The van der Waals surface area contributed by atoms with E-state index in [9.17, 15) is 0 Å². The summed E-state index contributed by atoms with van der Waals surface area (Å²) < 4.78 is 9.77. The van der Waals surface area contributed by atoms with Gasteiger partial charge in [0.1, 0.15) is 22.9 Å². The summed E-state index contributed by atoms with van der Waals surface area (Å²) in [5.41, 5.74) is 1.25. The molecule has 20 heavy (non-hydrogen) atoms. The lowest BCUT2D eigenvalue weighted by molar-refractivity contribution is 0.412. The van der Waals surface area contributed by atoms with Gasteiger partial charge >= 0.3 is 0 Å². The number of methoxy groups -OCH3 is 2. The molecule has 0 unspecified atom stereocenters. The molecule has 2 rings (SSSR count). The van der Waals surface area contributed by atoms with Crippen molar-refractivity contribution in [3.05, 3.63) is 48.0 Å². The van der Waals surface area contributed by atoms with Gasteiger partial charge in [0, 0.05) is 0 Å². The molecule has 0 aliphatic carbocycles. The zero-order valence-electron chi connectivity index (χ0n) is 11.3. The zero-order chi connectivity index (χ0) is 14.8. The van der Waals surface area contributed by atoms with Crippen molar-refractivity contribution in [1.29, 1.82) is 0 Å². The van der Waals surface area contributed by atoms with E-state index in [1.807, 2.05) is 0 Å². The van der Waals surface area contributed by atoms with E-state index in [4.69, 9.17) is 22.3 Å². The van der Waals surface area contributed by atoms with Crippen LogP contribution in [0.1, 0.15) is 11.4 Å². The Hall–Kier alpha value is -2.98. The molecule has 0 fully saturated rings. The van der Waals surface area contributed by atoms with Crippen molar-refractivity contribution in [2.24, 2.45) is 0 Å². The first kappa shape index (κ1) is 15.1. The van der Waals surface area contributed by atoms with Gasteiger partial charge in [0.15, 0.2) is 0 Å². The highest BCUT2D eigenvalue weighted by Gasteiger charge is 1.90. The average Bonchev–Trinajstić information content (AvgIpc) is 2.55. The Morgan fingerprint density at radius 2 is 1.20 bits per heavy atom. The molecule has 2 aromatic heterocycles. The smallest absolute Gasteiger partial charge is 0.137 e. The van der Waals surface area contributed by atoms with Crippen molar-refractivity contribution in [2.75, 3.05) is 14.2 Å². The Bertz CT molecular complexity index is 547. The van der Waals surface area contributed by atoms with Gasteiger partial charge in [-0.05, 0) is 24.3 Å². The second-order valence-corrected chi connectivity index (χ2v) is 3.46. The van der Waals surface area contributed by atoms with Crippen molar-refractivity contribution in [1.82, 2.24) is 9.97 Å². The lowest BCUT2D eigenvalue weighted by Crippen LogP contribution is -1.85. The summed E-state index contributed by atoms with van der Waals surface area (Å²) in [6, 6.07) is 7.03. The highest BCUT2D eigenvalue weighted by atomic mass is 16.5. The molecule has 0 N–H and O–H groups in total. The minimum Gasteiger partial charge on any atom is -0.495 e. The maximum absolute atomic E-state index is 5.09. The number of aromatic nitrogens is 2. The predicted molar refractivity (Wildman–Crippen MR) is 77.4 cm³/mol. The number of ether oxygens (including phenoxy) is 2. The average molecular weight is 266 g/mol. The first-order valence-electron chi connectivity index (χ1n) is 5.66. The van der Waals surface area contributed by atoms with Gasteiger partial charge in [-0.25, -0.2) is 9.97 Å². The molecule has 100 valence electrons. The standard InChI is InChI=1S/2C8H7NO/c2*1-3-7-4-5-8(10-2)6-9-7/h2*1,4-6H,2H3. The molecule has 0 aromatic carbocycles. The first-order valence-corrected chi connectivity index (χ1v) is 5.66. The molecular formula is C16H14N2O2. The van der Waals surface area contributed by atoms with Crippen LogP contribution in [0.4, 0.5) is 0 Å². The Balaban J connectivity index is 0.000000200. The number of pyridine rings is 2. The summed E-state index contributed by atoms with van der Waals surface area (Å²) in [5, 5.41) is 0. The minimum atomic E-state index is 0.626. The van der Waals surface area contributed by atoms with E-state index in [-0.39, 0.29) is 0 Å². The van der Waals surface area contributed by atoms with Crippen LogP contribution >= 0.6 is 0 Å². The second-order valence-electron chi connectivity index (χ2n) is 3.46. The van der Waals surface area contributed by atoms with Gasteiger partial charge in [-0.2, -0.15) is 0 Å². The molecule has 0 amide bonds. The van der Waals surface area contributed by atoms with Gasteiger partial charge in [0.2, 0.25) is 0 Å². The normalized spacial score (nSPS) is 8.40. The van der Waals surface area contributed by atoms with Gasteiger partial charge < -0.3 is 9.47 Å². The predicted octanol–water partition coefficient (Wildman–Crippen LogP) is 2.14. The molecule has 2 aromatic rings. The van der Waals surface area contributed by atoms with Crippen LogP contribution in [0, 0.1) is 24.7 Å². The first-order chi connectivity index (χ1) is 9.73. The number of hydrogen-bond acceptors (Lipinski definition) is 4. The summed E-state index contributed by atoms with van der Waals surface area (Å²) in [6.45, 7) is 0. The van der Waals surface area contributed by atoms with Crippen LogP contribution in [0.5, 0.6) is 11.5 Å². The van der Waals surface area contributed by atoms with Crippen LogP contribution in [-0.2, 0) is 0 Å². The maximum Gasteiger partial charge on any atom is 0.137 e. The van der Waals surface area contributed by atoms with E-state index >= 15 is 0 Å². The highest BCUT2D eigenvalue weighted by Crippen LogP contribution is 2.07. The molecule has 0 saturated heterocycles. The third-order valence-electron chi connectivity index (χ3n) is 2.24. The van der Waals surface area contributed by atoms with E-state index in [0.717, 1.165) is 11.5 Å². The molecule has 0 saturated carbocycles. The lowest BCUT2D eigenvalue weighted by atomic mass is 10.3. The molecule has 4 heteroatoms. The summed E-state index contributed by atoms with van der Waals surface area (Å²) in [4.78, 5) is 7.81. The third-order valence-corrected chi connectivity index (χ3v) is 2.24. The molecule has 0 radical (unpaired) electrons. The van der Waals surface area contributed by atoms with Gasteiger partial charge in [0.25, 0.3) is 0 Å². The monoisotopic (exact) mass is 266 g/mol. The van der Waals surface area contributed by atoms with E-state index in [1.165, 1.54) is 0 Å². The van der Waals surface area contributed by atoms with E-state index < -0.39 is 0 Å². The minimum absolute atomic E-state index is 0.626. The largest absolute Gasteiger partial charge is 0.495 e. The van der Waals surface area contributed by atoms with Gasteiger partial charge in [-0.1, -0.05) is 11.8 Å². The second kappa shape index (κ2) is 8.18. The fourth-order valence-corrected chi connectivity index (χ4v) is 1.17. The van der Waals surface area contributed by atoms with E-state index in [0.29, 0.717) is 11.4 Å². The number of hydrogen-bond donors (Lipinski definition) is 0. The van der Waals surface area contributed by atoms with Crippen molar-refractivity contribution < 1.29 is 9.47 Å². The summed E-state index contributed by atoms with van der Waals surface area (Å²) in [5.74, 6) is 6.27. The summed E-state index contributed by atoms with van der Waals surface area (Å²) >= 11 is 0. The third kappa shape index (κ3) is 4.72. The zero-order valence-corrected chi connectivity index (χ0v) is 11.3. The Morgan fingerprint density at radius 3 is 1.40 bits per heavy atom. The molecule has 0 spiro atoms. The number of rotatable bonds is 2. The van der Waals surface area contributed by atoms with Gasteiger partial charge in [-0.3, -0.25) is 0 Å². The molecule has 0 aliphatic rings. The van der Waals surface area contributed by atoms with Crippen LogP contribution in [0.3, 0.4) is 0 Å². The van der Waals surface area contributed by atoms with Crippen molar-refractivity contribution >= 4 is 0 Å². The number of nitrogens with zero attached hydrogens (tertiary/aromatic N) is 2. The van der Waals surface area contributed by atoms with E-state index in [1.54, 1.807) is 50.9 Å². The SMILES string of the molecule is C#Cc1ccc(OC)cn1.C#Cc1ccc(OC)cn1. The van der Waals surface area contributed by atoms with Crippen molar-refractivity contribution in [3.63, 3.8) is 0 Å².